The molecule has 1 aromatic heterocycles. The summed E-state index contributed by atoms with van der Waals surface area (Å²) >= 11 is 0. The van der Waals surface area contributed by atoms with Gasteiger partial charge in [0.05, 0.1) is 33.6 Å². The third-order valence-corrected chi connectivity index (χ3v) is 7.15. The molecule has 1 aliphatic heterocycles. The molecule has 1 aliphatic rings. The molecule has 7 heteroatoms. The molecule has 1 saturated heterocycles. The SMILES string of the molecule is CC(C)n1c(C2CCCN2S(=O)(=O)c2ccc(C#N)cc2)nc2ccccc21. The molecular formula is C21H22N4O2S. The quantitative estimate of drug-likeness (QED) is 0.670. The second-order valence-electron chi connectivity index (χ2n) is 7.33. The minimum atomic E-state index is -3.67. The van der Waals surface area contributed by atoms with E-state index in [4.69, 9.17) is 10.2 Å². The molecule has 2 aromatic carbocycles. The van der Waals surface area contributed by atoms with Gasteiger partial charge in [0.15, 0.2) is 0 Å². The highest BCUT2D eigenvalue weighted by molar-refractivity contribution is 7.89. The largest absolute Gasteiger partial charge is 0.324 e. The third-order valence-electron chi connectivity index (χ3n) is 5.23. The van der Waals surface area contributed by atoms with Gasteiger partial charge in [0.25, 0.3) is 0 Å². The number of aromatic nitrogens is 2. The lowest BCUT2D eigenvalue weighted by molar-refractivity contribution is 0.368. The van der Waals surface area contributed by atoms with E-state index in [0.717, 1.165) is 29.7 Å². The van der Waals surface area contributed by atoms with Crippen molar-refractivity contribution in [3.05, 3.63) is 59.9 Å². The van der Waals surface area contributed by atoms with Crippen molar-refractivity contribution in [1.82, 2.24) is 13.9 Å². The van der Waals surface area contributed by atoms with Crippen LogP contribution in [0.25, 0.3) is 11.0 Å². The van der Waals surface area contributed by atoms with Crippen molar-refractivity contribution >= 4 is 21.1 Å². The molecule has 6 nitrogen and oxygen atoms in total. The Morgan fingerprint density at radius 1 is 1.14 bits per heavy atom. The smallest absolute Gasteiger partial charge is 0.243 e. The lowest BCUT2D eigenvalue weighted by Crippen LogP contribution is -2.32. The van der Waals surface area contributed by atoms with Crippen LogP contribution >= 0.6 is 0 Å². The molecule has 3 aromatic rings. The van der Waals surface area contributed by atoms with Crippen LogP contribution in [0.4, 0.5) is 0 Å². The molecule has 0 amide bonds. The van der Waals surface area contributed by atoms with E-state index in [1.54, 1.807) is 16.4 Å². The van der Waals surface area contributed by atoms with Crippen molar-refractivity contribution < 1.29 is 8.42 Å². The number of hydrogen-bond donors (Lipinski definition) is 0. The molecule has 4 rings (SSSR count). The van der Waals surface area contributed by atoms with Crippen LogP contribution in [0.1, 0.15) is 50.2 Å². The Bertz CT molecular complexity index is 1160. The molecule has 0 radical (unpaired) electrons. The van der Waals surface area contributed by atoms with Gasteiger partial charge in [0, 0.05) is 12.6 Å². The van der Waals surface area contributed by atoms with Crippen molar-refractivity contribution in [3.63, 3.8) is 0 Å². The van der Waals surface area contributed by atoms with Crippen LogP contribution in [0.5, 0.6) is 0 Å². The average molecular weight is 395 g/mol. The number of fused-ring (bicyclic) bond motifs is 1. The summed E-state index contributed by atoms with van der Waals surface area (Å²) < 4.78 is 30.3. The summed E-state index contributed by atoms with van der Waals surface area (Å²) in [7, 11) is -3.67. The molecule has 0 bridgehead atoms. The normalized spacial score (nSPS) is 18.0. The number of sulfonamides is 1. The predicted octanol–water partition coefficient (Wildman–Crippen LogP) is 4.01. The molecule has 0 spiro atoms. The van der Waals surface area contributed by atoms with Crippen LogP contribution in [0, 0.1) is 11.3 Å². The summed E-state index contributed by atoms with van der Waals surface area (Å²) in [5.74, 6) is 0.797. The van der Waals surface area contributed by atoms with E-state index in [0.29, 0.717) is 12.1 Å². The Balaban J connectivity index is 1.79. The Morgan fingerprint density at radius 3 is 2.54 bits per heavy atom. The Labute approximate surface area is 165 Å². The summed E-state index contributed by atoms with van der Waals surface area (Å²) in [5, 5.41) is 8.96. The summed E-state index contributed by atoms with van der Waals surface area (Å²) in [5.41, 5.74) is 2.35. The molecule has 1 fully saturated rings. The number of rotatable bonds is 4. The van der Waals surface area contributed by atoms with E-state index in [2.05, 4.69) is 18.4 Å². The van der Waals surface area contributed by atoms with Gasteiger partial charge in [-0.25, -0.2) is 13.4 Å². The second kappa shape index (κ2) is 7.04. The first kappa shape index (κ1) is 18.7. The van der Waals surface area contributed by atoms with E-state index in [9.17, 15) is 8.42 Å². The molecule has 1 unspecified atom stereocenters. The van der Waals surface area contributed by atoms with Crippen LogP contribution in [0.3, 0.4) is 0 Å². The molecule has 1 atom stereocenters. The molecular weight excluding hydrogens is 372 g/mol. The van der Waals surface area contributed by atoms with Gasteiger partial charge in [0.1, 0.15) is 5.82 Å². The maximum atomic E-state index is 13.3. The summed E-state index contributed by atoms with van der Waals surface area (Å²) in [6.45, 7) is 4.65. The molecule has 2 heterocycles. The Kier molecular flexibility index (Phi) is 4.69. The van der Waals surface area contributed by atoms with Crippen LogP contribution in [-0.2, 0) is 10.0 Å². The number of nitrogens with zero attached hydrogens (tertiary/aromatic N) is 4. The number of para-hydroxylation sites is 2. The highest BCUT2D eigenvalue weighted by Gasteiger charge is 2.39. The molecule has 144 valence electrons. The Morgan fingerprint density at radius 2 is 1.86 bits per heavy atom. The molecule has 0 N–H and O–H groups in total. The lowest BCUT2D eigenvalue weighted by atomic mass is 10.2. The summed E-state index contributed by atoms with van der Waals surface area (Å²) in [6.07, 6.45) is 1.53. The molecule has 0 saturated carbocycles. The predicted molar refractivity (Wildman–Crippen MR) is 107 cm³/mol. The van der Waals surface area contributed by atoms with E-state index in [-0.39, 0.29) is 17.0 Å². The van der Waals surface area contributed by atoms with Gasteiger partial charge in [-0.2, -0.15) is 9.57 Å². The fourth-order valence-electron chi connectivity index (χ4n) is 3.96. The summed E-state index contributed by atoms with van der Waals surface area (Å²) in [4.78, 5) is 5.03. The van der Waals surface area contributed by atoms with Gasteiger partial charge in [-0.3, -0.25) is 0 Å². The number of hydrogen-bond acceptors (Lipinski definition) is 4. The zero-order chi connectivity index (χ0) is 19.9. The summed E-state index contributed by atoms with van der Waals surface area (Å²) in [6, 6.07) is 15.9. The monoisotopic (exact) mass is 394 g/mol. The van der Waals surface area contributed by atoms with Crippen LogP contribution in [-0.4, -0.2) is 28.8 Å². The first-order chi connectivity index (χ1) is 13.4. The minimum absolute atomic E-state index is 0.169. The first-order valence-corrected chi connectivity index (χ1v) is 10.9. The van der Waals surface area contributed by atoms with Crippen molar-refractivity contribution in [3.8, 4) is 6.07 Å². The highest BCUT2D eigenvalue weighted by Crippen LogP contribution is 2.38. The van der Waals surface area contributed by atoms with Gasteiger partial charge in [0.2, 0.25) is 10.0 Å². The van der Waals surface area contributed by atoms with Crippen molar-refractivity contribution in [2.24, 2.45) is 0 Å². The third kappa shape index (κ3) is 2.99. The van der Waals surface area contributed by atoms with E-state index in [1.807, 2.05) is 30.3 Å². The minimum Gasteiger partial charge on any atom is -0.324 e. The van der Waals surface area contributed by atoms with E-state index in [1.165, 1.54) is 12.1 Å². The van der Waals surface area contributed by atoms with Gasteiger partial charge in [-0.05, 0) is 63.1 Å². The van der Waals surface area contributed by atoms with Gasteiger partial charge >= 0.3 is 0 Å². The second-order valence-corrected chi connectivity index (χ2v) is 9.22. The number of imidazole rings is 1. The van der Waals surface area contributed by atoms with Gasteiger partial charge < -0.3 is 4.57 Å². The van der Waals surface area contributed by atoms with Crippen LogP contribution < -0.4 is 0 Å². The maximum Gasteiger partial charge on any atom is 0.243 e. The van der Waals surface area contributed by atoms with Crippen molar-refractivity contribution in [2.75, 3.05) is 6.54 Å². The maximum absolute atomic E-state index is 13.3. The van der Waals surface area contributed by atoms with Gasteiger partial charge in [-0.1, -0.05) is 12.1 Å². The highest BCUT2D eigenvalue weighted by atomic mass is 32.2. The van der Waals surface area contributed by atoms with Gasteiger partial charge in [-0.15, -0.1) is 0 Å². The van der Waals surface area contributed by atoms with Crippen LogP contribution in [0.2, 0.25) is 0 Å². The standard InChI is InChI=1S/C21H22N4O2S/c1-15(2)25-19-7-4-3-6-18(19)23-21(25)20-8-5-13-24(20)28(26,27)17-11-9-16(14-22)10-12-17/h3-4,6-7,9-12,15,20H,5,8,13H2,1-2H3. The van der Waals surface area contributed by atoms with Crippen LogP contribution in [0.15, 0.2) is 53.4 Å². The zero-order valence-electron chi connectivity index (χ0n) is 15.9. The van der Waals surface area contributed by atoms with E-state index >= 15 is 0 Å². The Hall–Kier alpha value is -2.69. The number of benzene rings is 2. The van der Waals surface area contributed by atoms with E-state index < -0.39 is 10.0 Å². The fourth-order valence-corrected chi connectivity index (χ4v) is 5.62. The van der Waals surface area contributed by atoms with Crippen molar-refractivity contribution in [2.45, 2.75) is 43.7 Å². The topological polar surface area (TPSA) is 79.0 Å². The lowest BCUT2D eigenvalue weighted by Gasteiger charge is -2.25. The van der Waals surface area contributed by atoms with Crippen molar-refractivity contribution in [1.29, 1.82) is 5.26 Å². The molecule has 28 heavy (non-hydrogen) atoms. The molecule has 0 aliphatic carbocycles. The average Bonchev–Trinajstić information content (AvgIpc) is 3.32. The number of nitriles is 1. The first-order valence-electron chi connectivity index (χ1n) is 9.42. The zero-order valence-corrected chi connectivity index (χ0v) is 16.7. The fraction of sp³-hybridized carbons (Fsp3) is 0.333.